The van der Waals surface area contributed by atoms with Crippen LogP contribution in [0.3, 0.4) is 0 Å². The number of carbonyl (C=O) groups excluding carboxylic acids is 1. The summed E-state index contributed by atoms with van der Waals surface area (Å²) < 4.78 is 11.1. The first kappa shape index (κ1) is 13.6. The number of piperidine rings is 1. The molecule has 5 heteroatoms. The summed E-state index contributed by atoms with van der Waals surface area (Å²) in [4.78, 5) is 11.9. The van der Waals surface area contributed by atoms with Crippen molar-refractivity contribution < 1.29 is 9.00 Å². The third-order valence-corrected chi connectivity index (χ3v) is 4.48. The number of carbonyl (C=O) groups is 1. The molecular formula is C11H22N2O2S. The molecule has 0 radical (unpaired) electrons. The minimum absolute atomic E-state index is 0.0165. The molecule has 94 valence electrons. The highest BCUT2D eigenvalue weighted by molar-refractivity contribution is 7.84. The lowest BCUT2D eigenvalue weighted by Gasteiger charge is -2.29. The molecule has 2 N–H and O–H groups in total. The van der Waals surface area contributed by atoms with Crippen molar-refractivity contribution in [2.24, 2.45) is 5.92 Å². The van der Waals surface area contributed by atoms with E-state index in [-0.39, 0.29) is 17.2 Å². The molecule has 1 saturated heterocycles. The van der Waals surface area contributed by atoms with Crippen LogP contribution in [0.2, 0.25) is 0 Å². The van der Waals surface area contributed by atoms with Crippen LogP contribution in [0.5, 0.6) is 0 Å². The lowest BCUT2D eigenvalue weighted by atomic mass is 9.92. The zero-order valence-corrected chi connectivity index (χ0v) is 11.1. The maximum absolute atomic E-state index is 11.9. The molecule has 0 spiro atoms. The molecule has 4 nitrogen and oxygen atoms in total. The normalized spacial score (nSPS) is 29.4. The molecule has 0 aliphatic carbocycles. The number of rotatable bonds is 4. The Bertz CT molecular complexity index is 271. The van der Waals surface area contributed by atoms with E-state index < -0.39 is 10.8 Å². The van der Waals surface area contributed by atoms with Crippen molar-refractivity contribution in [2.75, 3.05) is 19.3 Å². The van der Waals surface area contributed by atoms with Gasteiger partial charge in [0.25, 0.3) is 0 Å². The van der Waals surface area contributed by atoms with Gasteiger partial charge >= 0.3 is 0 Å². The predicted octanol–water partition coefficient (Wildman–Crippen LogP) is 0.258. The van der Waals surface area contributed by atoms with E-state index in [4.69, 9.17) is 0 Å². The fourth-order valence-corrected chi connectivity index (χ4v) is 2.19. The average Bonchev–Trinajstić information content (AvgIpc) is 2.25. The molecular weight excluding hydrogens is 224 g/mol. The van der Waals surface area contributed by atoms with Crippen molar-refractivity contribution in [1.82, 2.24) is 10.6 Å². The Balaban J connectivity index is 2.36. The fraction of sp³-hybridized carbons (Fsp3) is 0.909. The first-order chi connectivity index (χ1) is 7.52. The number of hydrogen-bond donors (Lipinski definition) is 2. The van der Waals surface area contributed by atoms with Gasteiger partial charge in [0.15, 0.2) is 0 Å². The molecule has 1 aliphatic heterocycles. The highest BCUT2D eigenvalue weighted by atomic mass is 32.2. The maximum atomic E-state index is 11.9. The van der Waals surface area contributed by atoms with Crippen molar-refractivity contribution >= 4 is 16.7 Å². The van der Waals surface area contributed by atoms with Crippen LogP contribution in [-0.4, -0.2) is 40.8 Å². The third-order valence-electron chi connectivity index (χ3n) is 3.18. The van der Waals surface area contributed by atoms with E-state index in [2.05, 4.69) is 17.6 Å². The summed E-state index contributed by atoms with van der Waals surface area (Å²) in [5.74, 6) is 0.431. The Morgan fingerprint density at radius 3 is 2.88 bits per heavy atom. The van der Waals surface area contributed by atoms with E-state index >= 15 is 0 Å². The van der Waals surface area contributed by atoms with E-state index in [0.717, 1.165) is 19.4 Å². The first-order valence-electron chi connectivity index (χ1n) is 5.85. The summed E-state index contributed by atoms with van der Waals surface area (Å²) in [6.07, 6.45) is 3.90. The second kappa shape index (κ2) is 6.35. The average molecular weight is 246 g/mol. The second-order valence-corrected chi connectivity index (χ2v) is 6.41. The van der Waals surface area contributed by atoms with Crippen molar-refractivity contribution in [3.05, 3.63) is 0 Å². The van der Waals surface area contributed by atoms with Crippen molar-refractivity contribution in [3.63, 3.8) is 0 Å². The Hall–Kier alpha value is -0.420. The highest BCUT2D eigenvalue weighted by Crippen LogP contribution is 2.15. The fourth-order valence-electron chi connectivity index (χ4n) is 1.87. The molecule has 16 heavy (non-hydrogen) atoms. The Kier molecular flexibility index (Phi) is 5.41. The van der Waals surface area contributed by atoms with Crippen molar-refractivity contribution in [2.45, 2.75) is 38.0 Å². The SMILES string of the molecule is CC1CCCNC1C(=O)NCC(C)S(C)=O. The smallest absolute Gasteiger partial charge is 0.237 e. The van der Waals surface area contributed by atoms with Crippen LogP contribution in [0.1, 0.15) is 26.7 Å². The Labute approximate surface area is 100 Å². The largest absolute Gasteiger partial charge is 0.354 e. The Morgan fingerprint density at radius 2 is 2.31 bits per heavy atom. The van der Waals surface area contributed by atoms with Gasteiger partial charge in [-0.15, -0.1) is 0 Å². The second-order valence-electron chi connectivity index (χ2n) is 4.61. The topological polar surface area (TPSA) is 58.2 Å². The molecule has 1 heterocycles. The van der Waals surface area contributed by atoms with Crippen LogP contribution in [-0.2, 0) is 15.6 Å². The van der Waals surface area contributed by atoms with E-state index in [9.17, 15) is 9.00 Å². The van der Waals surface area contributed by atoms with E-state index in [1.54, 1.807) is 6.26 Å². The summed E-state index contributed by atoms with van der Waals surface area (Å²) >= 11 is 0. The van der Waals surface area contributed by atoms with Gasteiger partial charge in [-0.25, -0.2) is 0 Å². The van der Waals surface area contributed by atoms with Crippen molar-refractivity contribution in [3.8, 4) is 0 Å². The minimum atomic E-state index is -0.876. The Morgan fingerprint density at radius 1 is 1.62 bits per heavy atom. The molecule has 4 unspecified atom stereocenters. The molecule has 1 rings (SSSR count). The lowest BCUT2D eigenvalue weighted by molar-refractivity contribution is -0.124. The van der Waals surface area contributed by atoms with Crippen molar-refractivity contribution in [1.29, 1.82) is 0 Å². The standard InChI is InChI=1S/C11H22N2O2S/c1-8-5-4-6-12-10(8)11(14)13-7-9(2)16(3)15/h8-10,12H,4-7H2,1-3H3,(H,13,14). The predicted molar refractivity (Wildman–Crippen MR) is 66.7 cm³/mol. The van der Waals surface area contributed by atoms with Gasteiger partial charge in [0.1, 0.15) is 0 Å². The van der Waals surface area contributed by atoms with Gasteiger partial charge in [-0.1, -0.05) is 6.92 Å². The van der Waals surface area contributed by atoms with Gasteiger partial charge in [0, 0.05) is 28.9 Å². The number of hydrogen-bond acceptors (Lipinski definition) is 3. The first-order valence-corrected chi connectivity index (χ1v) is 7.47. The molecule has 1 amide bonds. The maximum Gasteiger partial charge on any atom is 0.237 e. The summed E-state index contributed by atoms with van der Waals surface area (Å²) in [5.41, 5.74) is 0. The van der Waals surface area contributed by atoms with E-state index in [1.807, 2.05) is 6.92 Å². The molecule has 0 bridgehead atoms. The van der Waals surface area contributed by atoms with Gasteiger partial charge in [-0.05, 0) is 32.2 Å². The van der Waals surface area contributed by atoms with Crippen LogP contribution in [0.4, 0.5) is 0 Å². The minimum Gasteiger partial charge on any atom is -0.354 e. The molecule has 0 saturated carbocycles. The third kappa shape index (κ3) is 3.87. The van der Waals surface area contributed by atoms with Crippen LogP contribution in [0, 0.1) is 5.92 Å². The summed E-state index contributed by atoms with van der Waals surface area (Å²) in [6, 6.07) is -0.0776. The molecule has 0 aromatic rings. The monoisotopic (exact) mass is 246 g/mol. The lowest BCUT2D eigenvalue weighted by Crippen LogP contribution is -2.52. The molecule has 1 aliphatic rings. The highest BCUT2D eigenvalue weighted by Gasteiger charge is 2.27. The van der Waals surface area contributed by atoms with Crippen LogP contribution in [0.25, 0.3) is 0 Å². The molecule has 0 aromatic heterocycles. The molecule has 1 fully saturated rings. The summed E-state index contributed by atoms with van der Waals surface area (Å²) in [6.45, 7) is 5.39. The van der Waals surface area contributed by atoms with Crippen LogP contribution < -0.4 is 10.6 Å². The van der Waals surface area contributed by atoms with Gasteiger partial charge < -0.3 is 10.6 Å². The van der Waals surface area contributed by atoms with Gasteiger partial charge in [0.05, 0.1) is 6.04 Å². The van der Waals surface area contributed by atoms with Gasteiger partial charge in [-0.2, -0.15) is 0 Å². The summed E-state index contributed by atoms with van der Waals surface area (Å²) in [7, 11) is -0.876. The zero-order chi connectivity index (χ0) is 12.1. The van der Waals surface area contributed by atoms with E-state index in [1.165, 1.54) is 0 Å². The van der Waals surface area contributed by atoms with E-state index in [0.29, 0.717) is 12.5 Å². The molecule has 4 atom stereocenters. The summed E-state index contributed by atoms with van der Waals surface area (Å²) in [5, 5.41) is 6.12. The zero-order valence-electron chi connectivity index (χ0n) is 10.3. The quantitative estimate of drug-likeness (QED) is 0.748. The van der Waals surface area contributed by atoms with Crippen LogP contribution in [0.15, 0.2) is 0 Å². The van der Waals surface area contributed by atoms with Crippen LogP contribution >= 0.6 is 0 Å². The number of amides is 1. The van der Waals surface area contributed by atoms with Gasteiger partial charge in [-0.3, -0.25) is 9.00 Å². The molecule has 0 aromatic carbocycles. The number of nitrogens with one attached hydrogen (secondary N) is 2. The van der Waals surface area contributed by atoms with Gasteiger partial charge in [0.2, 0.25) is 5.91 Å².